The Morgan fingerprint density at radius 1 is 1.07 bits per heavy atom. The Kier molecular flexibility index (Phi) is 9.82. The first-order valence-corrected chi connectivity index (χ1v) is 9.14. The Balaban J connectivity index is 3.90. The third-order valence-corrected chi connectivity index (χ3v) is 2.96. The van der Waals surface area contributed by atoms with Crippen LogP contribution in [0.15, 0.2) is 0 Å². The second-order valence-electron chi connectivity index (χ2n) is 4.39. The molecule has 0 unspecified atom stereocenters. The van der Waals surface area contributed by atoms with Gasteiger partial charge in [-0.15, -0.1) is 0 Å². The van der Waals surface area contributed by atoms with Gasteiger partial charge in [-0.05, 0) is 25.9 Å². The van der Waals surface area contributed by atoms with Gasteiger partial charge in [-0.2, -0.15) is 0 Å². The normalized spacial score (nSPS) is 10.3. The van der Waals surface area contributed by atoms with Crippen molar-refractivity contribution in [2.75, 3.05) is 0 Å². The standard InChI is InChI=1S/C13H26OSi/c1-5-7-9-13(10-8-6-2)11-12-14-15(3)4/h13,15H,5-10H2,1-4H3. The molecule has 0 saturated carbocycles. The summed E-state index contributed by atoms with van der Waals surface area (Å²) in [6.45, 7) is 8.78. The van der Waals surface area contributed by atoms with Crippen molar-refractivity contribution in [3.63, 3.8) is 0 Å². The molecule has 0 aliphatic carbocycles. The zero-order valence-corrected chi connectivity index (χ0v) is 12.0. The SMILES string of the molecule is CCCCC(C#CO[SiH](C)C)CCCC. The van der Waals surface area contributed by atoms with Crippen LogP contribution in [0, 0.1) is 17.9 Å². The highest BCUT2D eigenvalue weighted by Crippen LogP contribution is 2.14. The molecule has 0 fully saturated rings. The molecule has 0 saturated heterocycles. The van der Waals surface area contributed by atoms with Crippen LogP contribution in [0.5, 0.6) is 0 Å². The van der Waals surface area contributed by atoms with E-state index in [4.69, 9.17) is 4.43 Å². The molecule has 0 aromatic heterocycles. The molecule has 1 nitrogen and oxygen atoms in total. The Morgan fingerprint density at radius 2 is 1.60 bits per heavy atom. The Morgan fingerprint density at radius 3 is 2.00 bits per heavy atom. The molecule has 0 aliphatic rings. The van der Waals surface area contributed by atoms with Gasteiger partial charge in [0.1, 0.15) is 0 Å². The minimum Gasteiger partial charge on any atom is -0.505 e. The fraction of sp³-hybridized carbons (Fsp3) is 0.846. The lowest BCUT2D eigenvalue weighted by Crippen LogP contribution is -2.03. The lowest BCUT2D eigenvalue weighted by atomic mass is 9.97. The quantitative estimate of drug-likeness (QED) is 0.472. The lowest BCUT2D eigenvalue weighted by molar-refractivity contribution is 0.497. The van der Waals surface area contributed by atoms with Gasteiger partial charge in [0.15, 0.2) is 0 Å². The van der Waals surface area contributed by atoms with Crippen molar-refractivity contribution in [2.24, 2.45) is 5.92 Å². The van der Waals surface area contributed by atoms with Crippen molar-refractivity contribution in [3.8, 4) is 12.0 Å². The predicted octanol–water partition coefficient (Wildman–Crippen LogP) is 3.94. The van der Waals surface area contributed by atoms with E-state index >= 15 is 0 Å². The summed E-state index contributed by atoms with van der Waals surface area (Å²) in [7, 11) is -0.957. The van der Waals surface area contributed by atoms with E-state index in [2.05, 4.69) is 39.0 Å². The smallest absolute Gasteiger partial charge is 0.244 e. The van der Waals surface area contributed by atoms with E-state index in [0.29, 0.717) is 5.92 Å². The predicted molar refractivity (Wildman–Crippen MR) is 70.3 cm³/mol. The van der Waals surface area contributed by atoms with Crippen LogP contribution in [0.4, 0.5) is 0 Å². The second-order valence-corrected chi connectivity index (χ2v) is 6.73. The number of rotatable bonds is 7. The zero-order chi connectivity index (χ0) is 11.5. The van der Waals surface area contributed by atoms with Gasteiger partial charge in [0.25, 0.3) is 0 Å². The molecule has 0 aromatic rings. The second kappa shape index (κ2) is 10.1. The van der Waals surface area contributed by atoms with E-state index in [-0.39, 0.29) is 0 Å². The maximum Gasteiger partial charge on any atom is 0.244 e. The van der Waals surface area contributed by atoms with Crippen LogP contribution >= 0.6 is 0 Å². The summed E-state index contributed by atoms with van der Waals surface area (Å²) in [6.07, 6.45) is 10.5. The van der Waals surface area contributed by atoms with Crippen LogP contribution < -0.4 is 0 Å². The Bertz CT molecular complexity index is 182. The molecular weight excluding hydrogens is 200 g/mol. The molecule has 0 aromatic carbocycles. The van der Waals surface area contributed by atoms with E-state index < -0.39 is 9.04 Å². The first-order chi connectivity index (χ1) is 7.20. The lowest BCUT2D eigenvalue weighted by Gasteiger charge is -2.08. The highest BCUT2D eigenvalue weighted by atomic mass is 28.3. The molecule has 88 valence electrons. The molecule has 0 heterocycles. The van der Waals surface area contributed by atoms with Gasteiger partial charge in [0.05, 0.1) is 6.11 Å². The molecular formula is C13H26OSi. The van der Waals surface area contributed by atoms with E-state index in [9.17, 15) is 0 Å². The fourth-order valence-corrected chi connectivity index (χ4v) is 1.73. The van der Waals surface area contributed by atoms with Crippen molar-refractivity contribution in [1.29, 1.82) is 0 Å². The van der Waals surface area contributed by atoms with Crippen LogP contribution in [0.3, 0.4) is 0 Å². The molecule has 0 bridgehead atoms. The molecule has 2 heteroatoms. The van der Waals surface area contributed by atoms with E-state index in [0.717, 1.165) is 0 Å². The van der Waals surface area contributed by atoms with Crippen molar-refractivity contribution < 1.29 is 4.43 Å². The van der Waals surface area contributed by atoms with E-state index in [1.165, 1.54) is 38.5 Å². The highest BCUT2D eigenvalue weighted by Gasteiger charge is 2.04. The topological polar surface area (TPSA) is 9.23 Å². The number of hydrogen-bond donors (Lipinski definition) is 0. The first kappa shape index (κ1) is 14.6. The summed E-state index contributed by atoms with van der Waals surface area (Å²) in [6, 6.07) is 0. The van der Waals surface area contributed by atoms with Gasteiger partial charge in [-0.25, -0.2) is 0 Å². The Labute approximate surface area is 97.3 Å². The third-order valence-electron chi connectivity index (χ3n) is 2.37. The average molecular weight is 226 g/mol. The minimum atomic E-state index is -0.957. The molecule has 0 aliphatic heterocycles. The van der Waals surface area contributed by atoms with Gasteiger partial charge in [-0.1, -0.05) is 45.5 Å². The Hall–Kier alpha value is -0.423. The molecule has 0 amide bonds. The maximum atomic E-state index is 5.41. The van der Waals surface area contributed by atoms with Crippen molar-refractivity contribution in [2.45, 2.75) is 65.5 Å². The summed E-state index contributed by atoms with van der Waals surface area (Å²) in [5.41, 5.74) is 0. The van der Waals surface area contributed by atoms with Gasteiger partial charge in [0.2, 0.25) is 9.04 Å². The summed E-state index contributed by atoms with van der Waals surface area (Å²) in [5, 5.41) is 0. The van der Waals surface area contributed by atoms with Gasteiger partial charge in [0, 0.05) is 5.92 Å². The van der Waals surface area contributed by atoms with Gasteiger partial charge in [-0.3, -0.25) is 0 Å². The number of hydrogen-bond acceptors (Lipinski definition) is 1. The first-order valence-electron chi connectivity index (χ1n) is 6.36. The van der Waals surface area contributed by atoms with Crippen LogP contribution in [0.2, 0.25) is 13.1 Å². The van der Waals surface area contributed by atoms with Crippen molar-refractivity contribution in [3.05, 3.63) is 0 Å². The fourth-order valence-electron chi connectivity index (χ4n) is 1.42. The van der Waals surface area contributed by atoms with E-state index in [1.807, 2.05) is 0 Å². The average Bonchev–Trinajstić information content (AvgIpc) is 2.20. The van der Waals surface area contributed by atoms with Crippen molar-refractivity contribution >= 4 is 9.04 Å². The molecule has 15 heavy (non-hydrogen) atoms. The monoisotopic (exact) mass is 226 g/mol. The summed E-state index contributed by atoms with van der Waals surface area (Å²) in [4.78, 5) is 0. The molecule has 0 atom stereocenters. The summed E-state index contributed by atoms with van der Waals surface area (Å²) < 4.78 is 5.41. The van der Waals surface area contributed by atoms with E-state index in [1.54, 1.807) is 0 Å². The zero-order valence-electron chi connectivity index (χ0n) is 10.8. The van der Waals surface area contributed by atoms with Crippen LogP contribution in [0.1, 0.15) is 52.4 Å². The van der Waals surface area contributed by atoms with Gasteiger partial charge >= 0.3 is 0 Å². The molecule has 0 N–H and O–H groups in total. The largest absolute Gasteiger partial charge is 0.505 e. The molecule has 0 radical (unpaired) electrons. The molecule has 0 spiro atoms. The maximum absolute atomic E-state index is 5.41. The van der Waals surface area contributed by atoms with Crippen LogP contribution in [0.25, 0.3) is 0 Å². The molecule has 0 rings (SSSR count). The highest BCUT2D eigenvalue weighted by molar-refractivity contribution is 6.48. The van der Waals surface area contributed by atoms with Crippen LogP contribution in [-0.2, 0) is 4.43 Å². The van der Waals surface area contributed by atoms with Crippen LogP contribution in [-0.4, -0.2) is 9.04 Å². The summed E-state index contributed by atoms with van der Waals surface area (Å²) in [5.74, 6) is 3.85. The summed E-state index contributed by atoms with van der Waals surface area (Å²) >= 11 is 0. The van der Waals surface area contributed by atoms with Gasteiger partial charge < -0.3 is 4.43 Å². The number of unbranched alkanes of at least 4 members (excludes halogenated alkanes) is 2. The van der Waals surface area contributed by atoms with Crippen molar-refractivity contribution in [1.82, 2.24) is 0 Å². The minimum absolute atomic E-state index is 0.567. The third kappa shape index (κ3) is 9.87.